The molecule has 50 valence electrons. The molecular weight excluding hydrogens is 112 g/mol. The van der Waals surface area contributed by atoms with E-state index >= 15 is 0 Å². The summed E-state index contributed by atoms with van der Waals surface area (Å²) in [6.07, 6.45) is 3.40. The van der Waals surface area contributed by atoms with Crippen molar-refractivity contribution < 1.29 is 4.79 Å². The fraction of sp³-hybridized carbons (Fsp3) is 0.875. The van der Waals surface area contributed by atoms with Crippen molar-refractivity contribution in [2.45, 2.75) is 26.2 Å². The van der Waals surface area contributed by atoms with Gasteiger partial charge in [-0.15, -0.1) is 0 Å². The normalized spacial score (nSPS) is 48.6. The second-order valence-corrected chi connectivity index (χ2v) is 3.47. The summed E-state index contributed by atoms with van der Waals surface area (Å²) in [6, 6.07) is 0. The number of carbonyl (C=O) groups is 1. The third-order valence-electron chi connectivity index (χ3n) is 3.10. The highest BCUT2D eigenvalue weighted by Crippen LogP contribution is 2.46. The molecule has 0 spiro atoms. The van der Waals surface area contributed by atoms with Crippen LogP contribution in [0.2, 0.25) is 0 Å². The predicted molar refractivity (Wildman–Crippen MR) is 35.0 cm³/mol. The fourth-order valence-electron chi connectivity index (χ4n) is 2.40. The van der Waals surface area contributed by atoms with E-state index in [9.17, 15) is 4.79 Å². The van der Waals surface area contributed by atoms with Gasteiger partial charge in [0.25, 0.3) is 0 Å². The van der Waals surface area contributed by atoms with Crippen LogP contribution in [-0.4, -0.2) is 5.78 Å². The molecule has 2 rings (SSSR count). The van der Waals surface area contributed by atoms with Crippen LogP contribution < -0.4 is 0 Å². The van der Waals surface area contributed by atoms with Gasteiger partial charge in [0.1, 0.15) is 5.78 Å². The van der Waals surface area contributed by atoms with Gasteiger partial charge in [0.05, 0.1) is 0 Å². The van der Waals surface area contributed by atoms with Crippen LogP contribution in [0.15, 0.2) is 0 Å². The molecule has 1 heteroatoms. The largest absolute Gasteiger partial charge is 0.299 e. The molecule has 0 saturated heterocycles. The smallest absolute Gasteiger partial charge is 0.136 e. The number of ketones is 1. The lowest BCUT2D eigenvalue weighted by Gasteiger charge is -2.04. The zero-order valence-electron chi connectivity index (χ0n) is 5.76. The lowest BCUT2D eigenvalue weighted by molar-refractivity contribution is -0.122. The first-order chi connectivity index (χ1) is 4.29. The minimum atomic E-state index is 0.468. The average molecular weight is 124 g/mol. The van der Waals surface area contributed by atoms with Gasteiger partial charge in [0, 0.05) is 12.3 Å². The molecule has 2 saturated carbocycles. The van der Waals surface area contributed by atoms with E-state index in [0.717, 1.165) is 18.3 Å². The van der Waals surface area contributed by atoms with Crippen LogP contribution in [0, 0.1) is 17.8 Å². The summed E-state index contributed by atoms with van der Waals surface area (Å²) in [5.74, 6) is 2.49. The lowest BCUT2D eigenvalue weighted by atomic mass is 10.00. The van der Waals surface area contributed by atoms with Gasteiger partial charge in [-0.3, -0.25) is 4.79 Å². The van der Waals surface area contributed by atoms with E-state index in [1.807, 2.05) is 0 Å². The second-order valence-electron chi connectivity index (χ2n) is 3.47. The molecule has 0 heterocycles. The molecule has 3 atom stereocenters. The minimum absolute atomic E-state index is 0.468. The average Bonchev–Trinajstić information content (AvgIpc) is 2.25. The summed E-state index contributed by atoms with van der Waals surface area (Å²) in [7, 11) is 0. The Morgan fingerprint density at radius 1 is 1.44 bits per heavy atom. The van der Waals surface area contributed by atoms with Crippen molar-refractivity contribution in [3.05, 3.63) is 0 Å². The van der Waals surface area contributed by atoms with E-state index in [-0.39, 0.29) is 0 Å². The van der Waals surface area contributed by atoms with Gasteiger partial charge in [0.2, 0.25) is 0 Å². The zero-order valence-corrected chi connectivity index (χ0v) is 5.76. The van der Waals surface area contributed by atoms with Gasteiger partial charge in [-0.25, -0.2) is 0 Å². The molecule has 9 heavy (non-hydrogen) atoms. The van der Waals surface area contributed by atoms with Gasteiger partial charge in [-0.05, 0) is 24.7 Å². The molecule has 0 aromatic carbocycles. The van der Waals surface area contributed by atoms with E-state index in [1.54, 1.807) is 0 Å². The van der Waals surface area contributed by atoms with E-state index < -0.39 is 0 Å². The summed E-state index contributed by atoms with van der Waals surface area (Å²) in [6.45, 7) is 2.23. The van der Waals surface area contributed by atoms with Crippen LogP contribution in [0.4, 0.5) is 0 Å². The van der Waals surface area contributed by atoms with Crippen molar-refractivity contribution in [3.8, 4) is 0 Å². The molecule has 0 aliphatic heterocycles. The molecule has 0 aromatic heterocycles. The summed E-state index contributed by atoms with van der Waals surface area (Å²) in [4.78, 5) is 11.0. The van der Waals surface area contributed by atoms with Crippen molar-refractivity contribution in [1.82, 2.24) is 0 Å². The van der Waals surface area contributed by atoms with Crippen molar-refractivity contribution in [2.75, 3.05) is 0 Å². The molecule has 2 aliphatic rings. The summed E-state index contributed by atoms with van der Waals surface area (Å²) < 4.78 is 0. The van der Waals surface area contributed by atoms with Gasteiger partial charge >= 0.3 is 0 Å². The number of rotatable bonds is 0. The third kappa shape index (κ3) is 0.577. The van der Waals surface area contributed by atoms with Crippen LogP contribution in [0.3, 0.4) is 0 Å². The first kappa shape index (κ1) is 5.45. The molecular formula is C8H12O. The molecule has 0 unspecified atom stereocenters. The fourth-order valence-corrected chi connectivity index (χ4v) is 2.40. The highest BCUT2D eigenvalue weighted by atomic mass is 16.1. The van der Waals surface area contributed by atoms with Gasteiger partial charge in [0.15, 0.2) is 0 Å². The molecule has 0 amide bonds. The van der Waals surface area contributed by atoms with E-state index in [1.165, 1.54) is 12.8 Å². The van der Waals surface area contributed by atoms with Crippen molar-refractivity contribution in [3.63, 3.8) is 0 Å². The number of carbonyl (C=O) groups excluding carboxylic acids is 1. The van der Waals surface area contributed by atoms with E-state index in [4.69, 9.17) is 0 Å². The monoisotopic (exact) mass is 124 g/mol. The van der Waals surface area contributed by atoms with Gasteiger partial charge in [-0.1, -0.05) is 6.92 Å². The standard InChI is InChI=1S/C8H12O/c1-5-6-2-3-7(5)8(9)4-6/h5-7H,2-4H2,1H3/t5-,6+,7+/m1/s1. The van der Waals surface area contributed by atoms with Crippen molar-refractivity contribution >= 4 is 5.78 Å². The number of fused-ring (bicyclic) bond motifs is 2. The SMILES string of the molecule is C[C@@H]1[C@H]2CC[C@@H]1C(=O)C2. The molecule has 0 aromatic rings. The van der Waals surface area contributed by atoms with E-state index in [2.05, 4.69) is 6.92 Å². The summed E-state index contributed by atoms with van der Waals surface area (Å²) in [5.41, 5.74) is 0. The second kappa shape index (κ2) is 1.59. The molecule has 2 fully saturated rings. The third-order valence-corrected chi connectivity index (χ3v) is 3.10. The maximum Gasteiger partial charge on any atom is 0.136 e. The molecule has 2 bridgehead atoms. The number of hydrogen-bond donors (Lipinski definition) is 0. The number of hydrogen-bond acceptors (Lipinski definition) is 1. The molecule has 2 aliphatic carbocycles. The summed E-state index contributed by atoms with van der Waals surface area (Å²) >= 11 is 0. The molecule has 0 N–H and O–H groups in total. The van der Waals surface area contributed by atoms with Crippen molar-refractivity contribution in [2.24, 2.45) is 17.8 Å². The Kier molecular flexibility index (Phi) is 0.961. The van der Waals surface area contributed by atoms with E-state index in [0.29, 0.717) is 11.7 Å². The first-order valence-electron chi connectivity index (χ1n) is 3.82. The zero-order chi connectivity index (χ0) is 6.43. The van der Waals surface area contributed by atoms with Crippen LogP contribution in [0.1, 0.15) is 26.2 Å². The minimum Gasteiger partial charge on any atom is -0.299 e. The first-order valence-corrected chi connectivity index (χ1v) is 3.82. The Balaban J connectivity index is 2.26. The Morgan fingerprint density at radius 2 is 2.22 bits per heavy atom. The highest BCUT2D eigenvalue weighted by molar-refractivity contribution is 5.84. The Bertz CT molecular complexity index is 151. The van der Waals surface area contributed by atoms with Crippen LogP contribution in [0.25, 0.3) is 0 Å². The molecule has 0 radical (unpaired) electrons. The number of Topliss-reactive ketones (excluding diaryl/α,β-unsaturated/α-hetero) is 1. The molecule has 1 nitrogen and oxygen atoms in total. The predicted octanol–water partition coefficient (Wildman–Crippen LogP) is 1.62. The Labute approximate surface area is 55.4 Å². The van der Waals surface area contributed by atoms with Gasteiger partial charge in [-0.2, -0.15) is 0 Å². The van der Waals surface area contributed by atoms with Crippen LogP contribution in [0.5, 0.6) is 0 Å². The maximum atomic E-state index is 11.0. The Hall–Kier alpha value is -0.330. The Morgan fingerprint density at radius 3 is 2.44 bits per heavy atom. The van der Waals surface area contributed by atoms with Crippen molar-refractivity contribution in [1.29, 1.82) is 0 Å². The van der Waals surface area contributed by atoms with Gasteiger partial charge < -0.3 is 0 Å². The van der Waals surface area contributed by atoms with Crippen LogP contribution >= 0.6 is 0 Å². The maximum absolute atomic E-state index is 11.0. The highest BCUT2D eigenvalue weighted by Gasteiger charge is 2.44. The quantitative estimate of drug-likeness (QED) is 0.479. The van der Waals surface area contributed by atoms with Crippen LogP contribution in [-0.2, 0) is 4.79 Å². The summed E-state index contributed by atoms with van der Waals surface area (Å²) in [5, 5.41) is 0. The lowest BCUT2D eigenvalue weighted by Crippen LogP contribution is -2.09. The topological polar surface area (TPSA) is 17.1 Å².